The van der Waals surface area contributed by atoms with Gasteiger partial charge in [0.25, 0.3) is 0 Å². The van der Waals surface area contributed by atoms with Crippen LogP contribution in [0.15, 0.2) is 0 Å². The normalized spacial score (nSPS) is 13.4. The van der Waals surface area contributed by atoms with Crippen molar-refractivity contribution < 1.29 is 0 Å². The van der Waals surface area contributed by atoms with Crippen LogP contribution in [0.25, 0.3) is 0 Å². The Hall–Kier alpha value is 1.11. The summed E-state index contributed by atoms with van der Waals surface area (Å²) in [5.41, 5.74) is 5.63. The van der Waals surface area contributed by atoms with Gasteiger partial charge in [-0.15, -0.1) is 0 Å². The van der Waals surface area contributed by atoms with Gasteiger partial charge >= 0.3 is 88.2 Å². The van der Waals surface area contributed by atoms with Crippen LogP contribution in [0.5, 0.6) is 0 Å². The second-order valence-corrected chi connectivity index (χ2v) is 6.46. The van der Waals surface area contributed by atoms with Crippen LogP contribution in [-0.4, -0.2) is 38.1 Å². The predicted molar refractivity (Wildman–Crippen MR) is 55.2 cm³/mol. The summed E-state index contributed by atoms with van der Waals surface area (Å²) in [7, 11) is 0. The average molecular weight is 279 g/mol. The molecule has 0 spiro atoms. The van der Waals surface area contributed by atoms with Crippen molar-refractivity contribution in [2.75, 3.05) is 9.52 Å². The van der Waals surface area contributed by atoms with Crippen molar-refractivity contribution in [3.05, 3.63) is 0 Å². The van der Waals surface area contributed by atoms with Crippen LogP contribution in [-0.2, 0) is 0 Å². The maximum absolute atomic E-state index is 5.63. The number of unbranched alkanes of at least 4 members (excludes halogenated alkanes) is 2. The molecule has 0 aromatic carbocycles. The fourth-order valence-electron chi connectivity index (χ4n) is 0.919. The first-order valence-electron chi connectivity index (χ1n) is 4.25. The summed E-state index contributed by atoms with van der Waals surface area (Å²) in [6.07, 6.45) is 5.26. The zero-order valence-electron chi connectivity index (χ0n) is 7.31. The number of hydrogen-bond acceptors (Lipinski definition) is 2. The third-order valence-corrected chi connectivity index (χ3v) is 4.08. The molecule has 1 atom stereocenters. The molecule has 0 rings (SSSR count). The van der Waals surface area contributed by atoms with Crippen molar-refractivity contribution in [2.24, 2.45) is 5.73 Å². The monoisotopic (exact) mass is 280 g/mol. The van der Waals surface area contributed by atoms with Gasteiger partial charge in [-0.05, 0) is 0 Å². The van der Waals surface area contributed by atoms with Gasteiger partial charge in [-0.25, -0.2) is 0 Å². The van der Waals surface area contributed by atoms with Gasteiger partial charge in [0.05, 0.1) is 0 Å². The maximum atomic E-state index is 5.63. The van der Waals surface area contributed by atoms with Gasteiger partial charge in [0, 0.05) is 0 Å². The molecule has 1 unspecified atom stereocenters. The number of rotatable bonds is 7. The molecule has 0 saturated carbocycles. The van der Waals surface area contributed by atoms with Crippen molar-refractivity contribution in [1.82, 2.24) is 0 Å². The Balaban J connectivity index is 2.80. The number of nitrogens with two attached hydrogens (primary N) is 1. The molecule has 3 radical (unpaired) electrons. The fraction of sp³-hybridized carbons (Fsp3) is 1.00. The Morgan fingerprint density at radius 3 is 2.64 bits per heavy atom. The van der Waals surface area contributed by atoms with E-state index in [1.165, 1.54) is 35.2 Å². The van der Waals surface area contributed by atoms with Gasteiger partial charge < -0.3 is 0 Å². The number of thioether (sulfide) groups is 1. The molecule has 0 aliphatic rings. The van der Waals surface area contributed by atoms with E-state index in [9.17, 15) is 0 Å². The molecule has 65 valence electrons. The Morgan fingerprint density at radius 1 is 1.36 bits per heavy atom. The topological polar surface area (TPSA) is 26.0 Å². The molecule has 2 N–H and O–H groups in total. The van der Waals surface area contributed by atoms with Crippen molar-refractivity contribution >= 4 is 34.3 Å². The van der Waals surface area contributed by atoms with Crippen LogP contribution in [0.3, 0.4) is 0 Å². The Kier molecular flexibility index (Phi) is 10.1. The van der Waals surface area contributed by atoms with E-state index in [1.54, 1.807) is 22.5 Å². The molecule has 1 nitrogen and oxygen atoms in total. The predicted octanol–water partition coefficient (Wildman–Crippen LogP) is 1.75. The Labute approximate surface area is 88.0 Å². The van der Waals surface area contributed by atoms with Gasteiger partial charge in [-0.3, -0.25) is 0 Å². The molecule has 0 aromatic rings. The molecule has 3 heteroatoms. The summed E-state index contributed by atoms with van der Waals surface area (Å²) in [5.74, 6) is 1.35. The van der Waals surface area contributed by atoms with Crippen LogP contribution >= 0.6 is 11.8 Å². The van der Waals surface area contributed by atoms with Crippen molar-refractivity contribution in [3.63, 3.8) is 0 Å². The second-order valence-electron chi connectivity index (χ2n) is 2.88. The van der Waals surface area contributed by atoms with Crippen LogP contribution in [0.2, 0.25) is 0 Å². The van der Waals surface area contributed by atoms with Crippen LogP contribution in [0, 0.1) is 0 Å². The van der Waals surface area contributed by atoms with Gasteiger partial charge in [-0.2, -0.15) is 0 Å². The van der Waals surface area contributed by atoms with Crippen molar-refractivity contribution in [3.8, 4) is 0 Å². The Bertz CT molecular complexity index is 78.5. The molecule has 0 aromatic heterocycles. The standard InChI is InChI=1S/C8H18NS.Sn/c1-8(9)6-4-3-5-7-10-2;/h8H,2-7,9H2,1H3;. The summed E-state index contributed by atoms with van der Waals surface area (Å²) in [6.45, 7) is 2.09. The van der Waals surface area contributed by atoms with Gasteiger partial charge in [0.2, 0.25) is 0 Å². The molecular weight excluding hydrogens is 261 g/mol. The molecule has 11 heavy (non-hydrogen) atoms. The minimum atomic E-state index is 0.402. The van der Waals surface area contributed by atoms with E-state index in [0.717, 1.165) is 0 Å². The second kappa shape index (κ2) is 9.20. The van der Waals surface area contributed by atoms with E-state index in [-0.39, 0.29) is 0 Å². The zero-order chi connectivity index (χ0) is 8.53. The molecule has 0 aliphatic heterocycles. The molecule has 0 aliphatic carbocycles. The molecule has 0 heterocycles. The number of hydrogen-bond donors (Lipinski definition) is 1. The van der Waals surface area contributed by atoms with Crippen LogP contribution < -0.4 is 5.73 Å². The summed E-state index contributed by atoms with van der Waals surface area (Å²) in [6, 6.07) is 0.402. The van der Waals surface area contributed by atoms with Crippen molar-refractivity contribution in [1.29, 1.82) is 0 Å². The minimum absolute atomic E-state index is 0.402. The van der Waals surface area contributed by atoms with E-state index in [0.29, 0.717) is 6.04 Å². The van der Waals surface area contributed by atoms with E-state index in [2.05, 4.69) is 18.7 Å². The summed E-state index contributed by atoms with van der Waals surface area (Å²) in [5, 5.41) is 0. The summed E-state index contributed by atoms with van der Waals surface area (Å²) in [4.78, 5) is 0. The van der Waals surface area contributed by atoms with Gasteiger partial charge in [0.15, 0.2) is 0 Å². The first-order chi connectivity index (χ1) is 5.27. The quantitative estimate of drug-likeness (QED) is 0.567. The van der Waals surface area contributed by atoms with Crippen LogP contribution in [0.1, 0.15) is 32.6 Å². The van der Waals surface area contributed by atoms with Crippen LogP contribution in [0.4, 0.5) is 0 Å². The van der Waals surface area contributed by atoms with E-state index >= 15 is 0 Å². The molecule has 0 amide bonds. The SMILES string of the molecule is CC(N)CCCCCS[CH2][Sn]. The van der Waals surface area contributed by atoms with E-state index in [4.69, 9.17) is 5.73 Å². The zero-order valence-corrected chi connectivity index (χ0v) is 11.0. The van der Waals surface area contributed by atoms with E-state index in [1.807, 2.05) is 0 Å². The molecular formula is C8H18NSSn. The van der Waals surface area contributed by atoms with E-state index < -0.39 is 0 Å². The first kappa shape index (κ1) is 12.1. The van der Waals surface area contributed by atoms with Gasteiger partial charge in [0.1, 0.15) is 0 Å². The molecule has 0 saturated heterocycles. The first-order valence-corrected chi connectivity index (χ1v) is 7.42. The summed E-state index contributed by atoms with van der Waals surface area (Å²) >= 11 is 3.73. The Morgan fingerprint density at radius 2 is 2.09 bits per heavy atom. The summed E-state index contributed by atoms with van der Waals surface area (Å²) < 4.78 is 1.35. The third-order valence-electron chi connectivity index (χ3n) is 1.55. The molecule has 0 bridgehead atoms. The fourth-order valence-corrected chi connectivity index (χ4v) is 2.71. The van der Waals surface area contributed by atoms with Crippen molar-refractivity contribution in [2.45, 2.75) is 38.6 Å². The average Bonchev–Trinajstić information content (AvgIpc) is 1.96. The van der Waals surface area contributed by atoms with Gasteiger partial charge in [-0.1, -0.05) is 0 Å². The third kappa shape index (κ3) is 11.1. The molecule has 0 fully saturated rings.